The Kier molecular flexibility index (Phi) is 3.73. The summed E-state index contributed by atoms with van der Waals surface area (Å²) in [5.41, 5.74) is 6.12. The van der Waals surface area contributed by atoms with Crippen molar-refractivity contribution < 1.29 is 4.79 Å². The number of carbonyl (C=O) groups is 1. The smallest absolute Gasteiger partial charge is 0.188 e. The minimum absolute atomic E-state index is 0.148. The standard InChI is InChI=1S/C14H12Cl2N2OS/c15-12-10(5-8-2-4-20-14(8)13(12)16)11(19)1-3-18-6-9(17)7-18/h1-5,9H,6-7,17H2. The van der Waals surface area contributed by atoms with E-state index in [1.807, 2.05) is 16.3 Å². The Bertz CT molecular complexity index is 705. The molecule has 0 spiro atoms. The third-order valence-electron chi connectivity index (χ3n) is 3.26. The summed E-state index contributed by atoms with van der Waals surface area (Å²) in [4.78, 5) is 14.2. The van der Waals surface area contributed by atoms with E-state index in [0.717, 1.165) is 23.2 Å². The molecule has 1 aliphatic heterocycles. The average Bonchev–Trinajstić information content (AvgIpc) is 2.85. The number of fused-ring (bicyclic) bond motifs is 1. The minimum atomic E-state index is -0.148. The van der Waals surface area contributed by atoms with Gasteiger partial charge in [-0.15, -0.1) is 11.3 Å². The van der Waals surface area contributed by atoms with Gasteiger partial charge in [0.15, 0.2) is 5.78 Å². The van der Waals surface area contributed by atoms with Crippen LogP contribution in [0.2, 0.25) is 10.0 Å². The van der Waals surface area contributed by atoms with Gasteiger partial charge in [-0.05, 0) is 22.9 Å². The number of likely N-dealkylation sites (tertiary alicyclic amines) is 1. The molecule has 0 aliphatic carbocycles. The zero-order chi connectivity index (χ0) is 14.3. The van der Waals surface area contributed by atoms with Gasteiger partial charge in [0.25, 0.3) is 0 Å². The second-order valence-electron chi connectivity index (χ2n) is 4.79. The largest absolute Gasteiger partial charge is 0.374 e. The fraction of sp³-hybridized carbons (Fsp3) is 0.214. The summed E-state index contributed by atoms with van der Waals surface area (Å²) in [6.45, 7) is 1.56. The van der Waals surface area contributed by atoms with Crippen LogP contribution >= 0.6 is 34.5 Å². The third kappa shape index (κ3) is 2.44. The number of nitrogens with two attached hydrogens (primary N) is 1. The Morgan fingerprint density at radius 1 is 1.40 bits per heavy atom. The lowest BCUT2D eigenvalue weighted by molar-refractivity contribution is 0.104. The highest BCUT2D eigenvalue weighted by atomic mass is 35.5. The molecule has 3 nitrogen and oxygen atoms in total. The van der Waals surface area contributed by atoms with Gasteiger partial charge in [0, 0.05) is 37.0 Å². The van der Waals surface area contributed by atoms with Gasteiger partial charge in [-0.3, -0.25) is 4.79 Å². The van der Waals surface area contributed by atoms with E-state index < -0.39 is 0 Å². The van der Waals surface area contributed by atoms with E-state index in [9.17, 15) is 4.79 Å². The monoisotopic (exact) mass is 326 g/mol. The van der Waals surface area contributed by atoms with Crippen molar-refractivity contribution in [2.45, 2.75) is 6.04 Å². The number of ketones is 1. The molecule has 20 heavy (non-hydrogen) atoms. The van der Waals surface area contributed by atoms with Gasteiger partial charge in [-0.25, -0.2) is 0 Å². The zero-order valence-corrected chi connectivity index (χ0v) is 12.8. The molecule has 1 saturated heterocycles. The van der Waals surface area contributed by atoms with Crippen molar-refractivity contribution in [1.82, 2.24) is 4.90 Å². The summed E-state index contributed by atoms with van der Waals surface area (Å²) in [5, 5.41) is 3.63. The van der Waals surface area contributed by atoms with Gasteiger partial charge in [0.1, 0.15) is 0 Å². The van der Waals surface area contributed by atoms with E-state index in [1.54, 1.807) is 12.3 Å². The van der Waals surface area contributed by atoms with Gasteiger partial charge in [-0.2, -0.15) is 0 Å². The second-order valence-corrected chi connectivity index (χ2v) is 6.46. The Morgan fingerprint density at radius 3 is 2.85 bits per heavy atom. The van der Waals surface area contributed by atoms with Crippen molar-refractivity contribution in [2.24, 2.45) is 5.73 Å². The molecule has 1 fully saturated rings. The SMILES string of the molecule is NC1CN(C=CC(=O)c2cc3ccsc3c(Cl)c2Cl)C1. The summed E-state index contributed by atoms with van der Waals surface area (Å²) in [5.74, 6) is -0.148. The van der Waals surface area contributed by atoms with Gasteiger partial charge >= 0.3 is 0 Å². The number of allylic oxidation sites excluding steroid dienone is 1. The fourth-order valence-corrected chi connectivity index (χ4v) is 3.62. The molecule has 0 saturated carbocycles. The molecule has 2 aromatic rings. The van der Waals surface area contributed by atoms with Crippen LogP contribution in [0.15, 0.2) is 29.8 Å². The lowest BCUT2D eigenvalue weighted by Gasteiger charge is -2.35. The molecule has 2 N–H and O–H groups in total. The molecule has 0 radical (unpaired) electrons. The molecule has 0 amide bonds. The first kappa shape index (κ1) is 13.9. The van der Waals surface area contributed by atoms with Crippen LogP contribution in [0.3, 0.4) is 0 Å². The number of halogens is 2. The Hall–Kier alpha value is -1.07. The van der Waals surface area contributed by atoms with Gasteiger partial charge < -0.3 is 10.6 Å². The van der Waals surface area contributed by atoms with Crippen molar-refractivity contribution in [3.8, 4) is 0 Å². The van der Waals surface area contributed by atoms with Crippen LogP contribution in [0.5, 0.6) is 0 Å². The molecular formula is C14H12Cl2N2OS. The van der Waals surface area contributed by atoms with Crippen LogP contribution in [0.4, 0.5) is 0 Å². The summed E-state index contributed by atoms with van der Waals surface area (Å²) < 4.78 is 0.908. The fourth-order valence-electron chi connectivity index (χ4n) is 2.16. The van der Waals surface area contributed by atoms with E-state index in [-0.39, 0.29) is 11.8 Å². The van der Waals surface area contributed by atoms with Crippen molar-refractivity contribution in [2.75, 3.05) is 13.1 Å². The normalized spacial score (nSPS) is 16.1. The number of benzene rings is 1. The van der Waals surface area contributed by atoms with Gasteiger partial charge in [0.2, 0.25) is 0 Å². The van der Waals surface area contributed by atoms with E-state index in [2.05, 4.69) is 0 Å². The Labute approximate surface area is 130 Å². The Balaban J connectivity index is 1.89. The van der Waals surface area contributed by atoms with Crippen LogP contribution < -0.4 is 5.73 Å². The number of thiophene rings is 1. The minimum Gasteiger partial charge on any atom is -0.374 e. The molecule has 1 aromatic heterocycles. The maximum absolute atomic E-state index is 12.2. The average molecular weight is 327 g/mol. The van der Waals surface area contributed by atoms with Crippen molar-refractivity contribution in [3.63, 3.8) is 0 Å². The lowest BCUT2D eigenvalue weighted by atomic mass is 10.1. The molecule has 1 aliphatic rings. The number of hydrogen-bond donors (Lipinski definition) is 1. The van der Waals surface area contributed by atoms with Gasteiger partial charge in [-0.1, -0.05) is 23.2 Å². The summed E-state index contributed by atoms with van der Waals surface area (Å²) in [7, 11) is 0. The van der Waals surface area contributed by atoms with Crippen LogP contribution in [0.25, 0.3) is 10.1 Å². The molecule has 0 unspecified atom stereocenters. The van der Waals surface area contributed by atoms with Crippen molar-refractivity contribution >= 4 is 50.4 Å². The molecule has 2 heterocycles. The zero-order valence-electron chi connectivity index (χ0n) is 10.5. The van der Waals surface area contributed by atoms with E-state index in [4.69, 9.17) is 28.9 Å². The molecular weight excluding hydrogens is 315 g/mol. The maximum Gasteiger partial charge on any atom is 0.188 e. The van der Waals surface area contributed by atoms with E-state index in [1.165, 1.54) is 17.4 Å². The summed E-state index contributed by atoms with van der Waals surface area (Å²) in [6.07, 6.45) is 3.27. The summed E-state index contributed by atoms with van der Waals surface area (Å²) >= 11 is 13.9. The number of hydrogen-bond acceptors (Lipinski definition) is 4. The maximum atomic E-state index is 12.2. The van der Waals surface area contributed by atoms with E-state index >= 15 is 0 Å². The van der Waals surface area contributed by atoms with Crippen molar-refractivity contribution in [1.29, 1.82) is 0 Å². The molecule has 1 aromatic carbocycles. The topological polar surface area (TPSA) is 46.3 Å². The number of carbonyl (C=O) groups excluding carboxylic acids is 1. The lowest BCUT2D eigenvalue weighted by Crippen LogP contribution is -2.52. The third-order valence-corrected chi connectivity index (χ3v) is 5.19. The van der Waals surface area contributed by atoms with E-state index in [0.29, 0.717) is 15.6 Å². The highest BCUT2D eigenvalue weighted by Crippen LogP contribution is 2.37. The van der Waals surface area contributed by atoms with Crippen LogP contribution in [-0.4, -0.2) is 29.8 Å². The molecule has 6 heteroatoms. The summed E-state index contributed by atoms with van der Waals surface area (Å²) in [6, 6.07) is 3.92. The van der Waals surface area contributed by atoms with Crippen molar-refractivity contribution in [3.05, 3.63) is 45.4 Å². The molecule has 3 rings (SSSR count). The molecule has 0 atom stereocenters. The predicted molar refractivity (Wildman–Crippen MR) is 84.9 cm³/mol. The highest BCUT2D eigenvalue weighted by Gasteiger charge is 2.20. The number of nitrogens with zero attached hydrogens (tertiary/aromatic N) is 1. The highest BCUT2D eigenvalue weighted by molar-refractivity contribution is 7.18. The Morgan fingerprint density at radius 2 is 2.15 bits per heavy atom. The predicted octanol–water partition coefficient (Wildman–Crippen LogP) is 3.55. The quantitative estimate of drug-likeness (QED) is 0.693. The molecule has 0 bridgehead atoms. The number of rotatable bonds is 3. The first-order chi connectivity index (χ1) is 9.56. The van der Waals surface area contributed by atoms with Gasteiger partial charge in [0.05, 0.1) is 14.7 Å². The van der Waals surface area contributed by atoms with Crippen LogP contribution in [0, 0.1) is 0 Å². The van der Waals surface area contributed by atoms with Crippen LogP contribution in [-0.2, 0) is 0 Å². The van der Waals surface area contributed by atoms with Crippen LogP contribution in [0.1, 0.15) is 10.4 Å². The second kappa shape index (κ2) is 5.37. The first-order valence-electron chi connectivity index (χ1n) is 6.13. The molecule has 104 valence electrons. The first-order valence-corrected chi connectivity index (χ1v) is 7.77.